The van der Waals surface area contributed by atoms with Gasteiger partial charge >= 0.3 is 0 Å². The highest BCUT2D eigenvalue weighted by Crippen LogP contribution is 2.17. The number of aromatic nitrogens is 1. The van der Waals surface area contributed by atoms with Crippen molar-refractivity contribution in [2.45, 2.75) is 20.8 Å². The molecule has 0 unspecified atom stereocenters. The number of rotatable bonds is 0. The summed E-state index contributed by atoms with van der Waals surface area (Å²) in [6.45, 7) is 5.39. The first kappa shape index (κ1) is 9.22. The van der Waals surface area contributed by atoms with Crippen molar-refractivity contribution in [3.8, 4) is 12.1 Å². The molecule has 0 atom stereocenters. The van der Waals surface area contributed by atoms with Gasteiger partial charge in [0, 0.05) is 11.3 Å². The summed E-state index contributed by atoms with van der Waals surface area (Å²) >= 11 is 0. The van der Waals surface area contributed by atoms with Crippen molar-refractivity contribution in [1.29, 1.82) is 10.5 Å². The van der Waals surface area contributed by atoms with Gasteiger partial charge < -0.3 is 0 Å². The quantitative estimate of drug-likeness (QED) is 0.597. The molecule has 13 heavy (non-hydrogen) atoms. The van der Waals surface area contributed by atoms with E-state index in [0.717, 1.165) is 11.3 Å². The van der Waals surface area contributed by atoms with Crippen molar-refractivity contribution >= 4 is 0 Å². The van der Waals surface area contributed by atoms with Crippen molar-refractivity contribution in [3.63, 3.8) is 0 Å². The highest BCUT2D eigenvalue weighted by Gasteiger charge is 2.10. The molecule has 0 bridgehead atoms. The van der Waals surface area contributed by atoms with Crippen LogP contribution in [0, 0.1) is 43.4 Å². The molecule has 1 aromatic rings. The van der Waals surface area contributed by atoms with Crippen molar-refractivity contribution < 1.29 is 0 Å². The summed E-state index contributed by atoms with van der Waals surface area (Å²) in [5.41, 5.74) is 3.20. The molecule has 0 spiro atoms. The summed E-state index contributed by atoms with van der Waals surface area (Å²) < 4.78 is 0. The molecule has 1 rings (SSSR count). The molecule has 0 saturated carbocycles. The van der Waals surface area contributed by atoms with Gasteiger partial charge in [0.1, 0.15) is 11.8 Å². The molecule has 3 heteroatoms. The molecule has 0 saturated heterocycles. The summed E-state index contributed by atoms with van der Waals surface area (Å²) in [6, 6.07) is 4.06. The van der Waals surface area contributed by atoms with E-state index in [2.05, 4.69) is 11.1 Å². The van der Waals surface area contributed by atoms with Crippen LogP contribution < -0.4 is 0 Å². The summed E-state index contributed by atoms with van der Waals surface area (Å²) in [5.74, 6) is 0. The lowest BCUT2D eigenvalue weighted by Gasteiger charge is -2.05. The first-order chi connectivity index (χ1) is 6.11. The second-order valence-corrected chi connectivity index (χ2v) is 2.89. The molecule has 3 nitrogen and oxygen atoms in total. The van der Waals surface area contributed by atoms with E-state index >= 15 is 0 Å². The van der Waals surface area contributed by atoms with Crippen LogP contribution in [-0.4, -0.2) is 4.98 Å². The molecule has 0 aliphatic heterocycles. The fraction of sp³-hybridized carbons (Fsp3) is 0.300. The molecule has 1 heterocycles. The summed E-state index contributed by atoms with van der Waals surface area (Å²) in [4.78, 5) is 4.09. The van der Waals surface area contributed by atoms with E-state index in [9.17, 15) is 0 Å². The summed E-state index contributed by atoms with van der Waals surface area (Å²) in [6.07, 6.45) is 0. The SMILES string of the molecule is Cc1nc(C#N)c(C)c(C#N)c1C. The van der Waals surface area contributed by atoms with Gasteiger partial charge in [0.2, 0.25) is 0 Å². The van der Waals surface area contributed by atoms with E-state index in [4.69, 9.17) is 10.5 Å². The average molecular weight is 171 g/mol. The predicted molar refractivity (Wildman–Crippen MR) is 47.9 cm³/mol. The molecule has 64 valence electrons. The fourth-order valence-electron chi connectivity index (χ4n) is 1.19. The predicted octanol–water partition coefficient (Wildman–Crippen LogP) is 1.75. The van der Waals surface area contributed by atoms with Gasteiger partial charge in [-0.2, -0.15) is 10.5 Å². The van der Waals surface area contributed by atoms with Gasteiger partial charge in [-0.25, -0.2) is 4.98 Å². The van der Waals surface area contributed by atoms with Crippen molar-refractivity contribution in [2.75, 3.05) is 0 Å². The largest absolute Gasteiger partial charge is 0.242 e. The van der Waals surface area contributed by atoms with Gasteiger partial charge in [0.15, 0.2) is 0 Å². The molecule has 0 radical (unpaired) electrons. The lowest BCUT2D eigenvalue weighted by molar-refractivity contribution is 1.08. The first-order valence-corrected chi connectivity index (χ1v) is 3.89. The van der Waals surface area contributed by atoms with E-state index in [1.165, 1.54) is 0 Å². The van der Waals surface area contributed by atoms with Crippen LogP contribution in [0.2, 0.25) is 0 Å². The number of hydrogen-bond donors (Lipinski definition) is 0. The van der Waals surface area contributed by atoms with Crippen LogP contribution >= 0.6 is 0 Å². The van der Waals surface area contributed by atoms with E-state index < -0.39 is 0 Å². The highest BCUT2D eigenvalue weighted by atomic mass is 14.7. The number of nitriles is 2. The molecule has 0 amide bonds. The number of hydrogen-bond acceptors (Lipinski definition) is 3. The van der Waals surface area contributed by atoms with Crippen LogP contribution in [0.15, 0.2) is 0 Å². The zero-order chi connectivity index (χ0) is 10.0. The topological polar surface area (TPSA) is 60.5 Å². The number of pyridine rings is 1. The van der Waals surface area contributed by atoms with E-state index in [-0.39, 0.29) is 0 Å². The van der Waals surface area contributed by atoms with Crippen LogP contribution in [0.1, 0.15) is 28.1 Å². The molecule has 0 aromatic carbocycles. The maximum Gasteiger partial charge on any atom is 0.144 e. The van der Waals surface area contributed by atoms with E-state index in [0.29, 0.717) is 16.8 Å². The van der Waals surface area contributed by atoms with Gasteiger partial charge in [0.05, 0.1) is 11.6 Å². The Balaban J connectivity index is 3.63. The van der Waals surface area contributed by atoms with Gasteiger partial charge in [-0.05, 0) is 26.3 Å². The van der Waals surface area contributed by atoms with Gasteiger partial charge in [-0.3, -0.25) is 0 Å². The van der Waals surface area contributed by atoms with Crippen LogP contribution in [0.4, 0.5) is 0 Å². The highest BCUT2D eigenvalue weighted by molar-refractivity contribution is 5.49. The number of aryl methyl sites for hydroxylation is 1. The third-order valence-electron chi connectivity index (χ3n) is 2.15. The molecular weight excluding hydrogens is 162 g/mol. The third kappa shape index (κ3) is 1.37. The minimum Gasteiger partial charge on any atom is -0.242 e. The van der Waals surface area contributed by atoms with E-state index in [1.807, 2.05) is 13.0 Å². The summed E-state index contributed by atoms with van der Waals surface area (Å²) in [5, 5.41) is 17.6. The zero-order valence-corrected chi connectivity index (χ0v) is 7.84. The van der Waals surface area contributed by atoms with Crippen molar-refractivity contribution in [2.24, 2.45) is 0 Å². The standard InChI is InChI=1S/C10H9N3/c1-6-8(3)13-10(5-12)7(2)9(6)4-11/h1-3H3. The van der Waals surface area contributed by atoms with Crippen LogP contribution in [0.3, 0.4) is 0 Å². The third-order valence-corrected chi connectivity index (χ3v) is 2.15. The minimum atomic E-state index is 0.347. The van der Waals surface area contributed by atoms with Crippen LogP contribution in [-0.2, 0) is 0 Å². The van der Waals surface area contributed by atoms with E-state index in [1.54, 1.807) is 13.8 Å². The van der Waals surface area contributed by atoms with Crippen molar-refractivity contribution in [1.82, 2.24) is 4.98 Å². The fourth-order valence-corrected chi connectivity index (χ4v) is 1.19. The first-order valence-electron chi connectivity index (χ1n) is 3.89. The molecular formula is C10H9N3. The molecule has 0 aliphatic carbocycles. The maximum absolute atomic E-state index is 8.86. The summed E-state index contributed by atoms with van der Waals surface area (Å²) in [7, 11) is 0. The normalized spacial score (nSPS) is 9.00. The Morgan fingerprint density at radius 2 is 1.62 bits per heavy atom. The molecule has 0 N–H and O–H groups in total. The lowest BCUT2D eigenvalue weighted by atomic mass is 10.0. The Morgan fingerprint density at radius 3 is 2.08 bits per heavy atom. The molecule has 0 fully saturated rings. The zero-order valence-electron chi connectivity index (χ0n) is 7.84. The monoisotopic (exact) mass is 171 g/mol. The second kappa shape index (κ2) is 3.25. The molecule has 0 aliphatic rings. The average Bonchev–Trinajstić information content (AvgIpc) is 2.12. The second-order valence-electron chi connectivity index (χ2n) is 2.89. The van der Waals surface area contributed by atoms with Gasteiger partial charge in [0.25, 0.3) is 0 Å². The van der Waals surface area contributed by atoms with Gasteiger partial charge in [-0.15, -0.1) is 0 Å². The van der Waals surface area contributed by atoms with Crippen LogP contribution in [0.5, 0.6) is 0 Å². The van der Waals surface area contributed by atoms with Crippen LogP contribution in [0.25, 0.3) is 0 Å². The maximum atomic E-state index is 8.86. The Kier molecular flexibility index (Phi) is 2.30. The minimum absolute atomic E-state index is 0.347. The molecule has 1 aromatic heterocycles. The van der Waals surface area contributed by atoms with Gasteiger partial charge in [-0.1, -0.05) is 0 Å². The smallest absolute Gasteiger partial charge is 0.144 e. The lowest BCUT2D eigenvalue weighted by Crippen LogP contribution is -2.00. The Bertz CT molecular complexity index is 433. The Labute approximate surface area is 77.3 Å². The van der Waals surface area contributed by atoms with Crippen molar-refractivity contribution in [3.05, 3.63) is 28.1 Å². The number of nitrogens with zero attached hydrogens (tertiary/aromatic N) is 3. The Hall–Kier alpha value is -1.87. The Morgan fingerprint density at radius 1 is 1.00 bits per heavy atom.